The van der Waals surface area contributed by atoms with Crippen molar-refractivity contribution in [3.05, 3.63) is 0 Å². The Labute approximate surface area is 66.6 Å². The average molecular weight is 155 g/mol. The average Bonchev–Trinajstić information content (AvgIpc) is 1.99. The van der Waals surface area contributed by atoms with E-state index in [-0.39, 0.29) is 5.91 Å². The van der Waals surface area contributed by atoms with Gasteiger partial charge in [-0.05, 0) is 13.5 Å². The van der Waals surface area contributed by atoms with Gasteiger partial charge in [-0.1, -0.05) is 0 Å². The second-order valence-electron chi connectivity index (χ2n) is 2.14. The van der Waals surface area contributed by atoms with Crippen LogP contribution in [0, 0.1) is 11.3 Å². The maximum atomic E-state index is 10.7. The van der Waals surface area contributed by atoms with E-state index in [9.17, 15) is 4.79 Å². The number of nitriles is 1. The smallest absolute Gasteiger partial charge is 0.233 e. The number of unbranched alkanes of at least 4 members (excludes halogenated alkanes) is 1. The Morgan fingerprint density at radius 1 is 1.64 bits per heavy atom. The maximum Gasteiger partial charge on any atom is 0.233 e. The number of carbonyl (C=O) groups is 1. The molecule has 0 aromatic rings. The van der Waals surface area contributed by atoms with E-state index in [1.807, 2.05) is 6.07 Å². The number of rotatable bonds is 5. The third kappa shape index (κ3) is 6.81. The molecule has 0 fully saturated rings. The highest BCUT2D eigenvalue weighted by Crippen LogP contribution is 1.81. The highest BCUT2D eigenvalue weighted by Gasteiger charge is 1.95. The Kier molecular flexibility index (Phi) is 6.34. The lowest BCUT2D eigenvalue weighted by Gasteiger charge is -2.01. The Bertz CT molecular complexity index is 150. The predicted octanol–water partition coefficient (Wildman–Crippen LogP) is -0.374. The number of hydrogen-bond acceptors (Lipinski definition) is 3. The minimum absolute atomic E-state index is 0.0227. The van der Waals surface area contributed by atoms with E-state index in [4.69, 9.17) is 5.26 Å². The molecule has 0 bridgehead atoms. The Balaban J connectivity index is 3.12. The molecule has 2 N–H and O–H groups in total. The van der Waals surface area contributed by atoms with Crippen molar-refractivity contribution in [3.63, 3.8) is 0 Å². The number of nitrogens with zero attached hydrogens (tertiary/aromatic N) is 1. The molecule has 62 valence electrons. The van der Waals surface area contributed by atoms with Crippen LogP contribution < -0.4 is 10.6 Å². The van der Waals surface area contributed by atoms with Crippen molar-refractivity contribution in [2.24, 2.45) is 0 Å². The summed E-state index contributed by atoms with van der Waals surface area (Å²) in [5.74, 6) is -0.0227. The number of likely N-dealkylation sites (N-methyl/N-ethyl adjacent to an activating group) is 1. The van der Waals surface area contributed by atoms with E-state index in [2.05, 4.69) is 10.6 Å². The predicted molar refractivity (Wildman–Crippen MR) is 41.8 cm³/mol. The van der Waals surface area contributed by atoms with Crippen molar-refractivity contribution in [3.8, 4) is 6.07 Å². The summed E-state index contributed by atoms with van der Waals surface area (Å²) in [5, 5.41) is 13.6. The Hall–Kier alpha value is -1.08. The van der Waals surface area contributed by atoms with E-state index in [1.165, 1.54) is 0 Å². The van der Waals surface area contributed by atoms with Gasteiger partial charge in [0.2, 0.25) is 5.91 Å². The van der Waals surface area contributed by atoms with Crippen LogP contribution in [-0.2, 0) is 4.79 Å². The van der Waals surface area contributed by atoms with Gasteiger partial charge in [0.05, 0.1) is 12.6 Å². The first-order valence-electron chi connectivity index (χ1n) is 3.59. The molecule has 11 heavy (non-hydrogen) atoms. The molecule has 0 atom stereocenters. The monoisotopic (exact) mass is 155 g/mol. The van der Waals surface area contributed by atoms with Crippen LogP contribution in [0.2, 0.25) is 0 Å². The van der Waals surface area contributed by atoms with Crippen LogP contribution in [0.4, 0.5) is 0 Å². The van der Waals surface area contributed by atoms with Gasteiger partial charge in [-0.3, -0.25) is 4.79 Å². The Morgan fingerprint density at radius 3 is 2.91 bits per heavy atom. The molecular formula is C7H13N3O. The van der Waals surface area contributed by atoms with Gasteiger partial charge in [-0.25, -0.2) is 0 Å². The second kappa shape index (κ2) is 7.03. The van der Waals surface area contributed by atoms with Crippen LogP contribution in [0.25, 0.3) is 0 Å². The van der Waals surface area contributed by atoms with Crippen LogP contribution in [0.5, 0.6) is 0 Å². The third-order valence-electron chi connectivity index (χ3n) is 1.12. The highest BCUT2D eigenvalue weighted by molar-refractivity contribution is 5.77. The van der Waals surface area contributed by atoms with Crippen LogP contribution in [0.3, 0.4) is 0 Å². The summed E-state index contributed by atoms with van der Waals surface area (Å²) in [4.78, 5) is 10.7. The van der Waals surface area contributed by atoms with Crippen LogP contribution >= 0.6 is 0 Å². The Morgan fingerprint density at radius 2 is 2.36 bits per heavy atom. The molecule has 0 aromatic heterocycles. The first-order chi connectivity index (χ1) is 5.31. The van der Waals surface area contributed by atoms with Crippen LogP contribution in [-0.4, -0.2) is 26.0 Å². The van der Waals surface area contributed by atoms with Crippen LogP contribution in [0.15, 0.2) is 0 Å². The molecular weight excluding hydrogens is 142 g/mol. The van der Waals surface area contributed by atoms with Gasteiger partial charge in [0.1, 0.15) is 0 Å². The van der Waals surface area contributed by atoms with Gasteiger partial charge in [-0.15, -0.1) is 0 Å². The molecule has 0 aliphatic heterocycles. The summed E-state index contributed by atoms with van der Waals surface area (Å²) in [6.07, 6.45) is 1.23. The SMILES string of the molecule is CNCC(=O)NCCCC#N. The summed E-state index contributed by atoms with van der Waals surface area (Å²) in [7, 11) is 1.72. The normalized spacial score (nSPS) is 8.73. The first kappa shape index (κ1) is 9.92. The minimum atomic E-state index is -0.0227. The fourth-order valence-corrected chi connectivity index (χ4v) is 0.618. The fourth-order valence-electron chi connectivity index (χ4n) is 0.618. The summed E-state index contributed by atoms with van der Waals surface area (Å²) in [5.41, 5.74) is 0. The molecule has 0 unspecified atom stereocenters. The van der Waals surface area contributed by atoms with Gasteiger partial charge >= 0.3 is 0 Å². The molecule has 0 aromatic carbocycles. The molecule has 0 rings (SSSR count). The van der Waals surface area contributed by atoms with Gasteiger partial charge in [0.15, 0.2) is 0 Å². The van der Waals surface area contributed by atoms with Gasteiger partial charge in [0.25, 0.3) is 0 Å². The number of amides is 1. The molecule has 0 saturated heterocycles. The molecule has 0 saturated carbocycles. The van der Waals surface area contributed by atoms with Crippen molar-refractivity contribution in [1.82, 2.24) is 10.6 Å². The molecule has 0 radical (unpaired) electrons. The summed E-state index contributed by atoms with van der Waals surface area (Å²) < 4.78 is 0. The van der Waals surface area contributed by atoms with Crippen molar-refractivity contribution >= 4 is 5.91 Å². The lowest BCUT2D eigenvalue weighted by atomic mass is 10.3. The minimum Gasteiger partial charge on any atom is -0.355 e. The maximum absolute atomic E-state index is 10.7. The van der Waals surface area contributed by atoms with Crippen LogP contribution in [0.1, 0.15) is 12.8 Å². The zero-order valence-corrected chi connectivity index (χ0v) is 6.68. The molecule has 0 spiro atoms. The zero-order chi connectivity index (χ0) is 8.53. The molecule has 4 nitrogen and oxygen atoms in total. The zero-order valence-electron chi connectivity index (χ0n) is 6.68. The number of nitrogens with one attached hydrogen (secondary N) is 2. The molecule has 4 heteroatoms. The molecule has 0 aliphatic rings. The summed E-state index contributed by atoms with van der Waals surface area (Å²) in [6, 6.07) is 2.01. The van der Waals surface area contributed by atoms with E-state index >= 15 is 0 Å². The van der Waals surface area contributed by atoms with Crippen molar-refractivity contribution in [2.75, 3.05) is 20.1 Å². The van der Waals surface area contributed by atoms with Crippen molar-refractivity contribution in [2.45, 2.75) is 12.8 Å². The quantitative estimate of drug-likeness (QED) is 0.532. The van der Waals surface area contributed by atoms with Crippen molar-refractivity contribution < 1.29 is 4.79 Å². The molecule has 0 heterocycles. The van der Waals surface area contributed by atoms with E-state index < -0.39 is 0 Å². The van der Waals surface area contributed by atoms with Gasteiger partial charge in [-0.2, -0.15) is 5.26 Å². The summed E-state index contributed by atoms with van der Waals surface area (Å²) >= 11 is 0. The largest absolute Gasteiger partial charge is 0.355 e. The molecule has 1 amide bonds. The number of carbonyl (C=O) groups excluding carboxylic acids is 1. The van der Waals surface area contributed by atoms with Crippen molar-refractivity contribution in [1.29, 1.82) is 5.26 Å². The highest BCUT2D eigenvalue weighted by atomic mass is 16.1. The second-order valence-corrected chi connectivity index (χ2v) is 2.14. The lowest BCUT2D eigenvalue weighted by Crippen LogP contribution is -2.32. The number of hydrogen-bond donors (Lipinski definition) is 2. The van der Waals surface area contributed by atoms with E-state index in [1.54, 1.807) is 7.05 Å². The van der Waals surface area contributed by atoms with Gasteiger partial charge in [0, 0.05) is 13.0 Å². The topological polar surface area (TPSA) is 64.9 Å². The van der Waals surface area contributed by atoms with E-state index in [0.717, 1.165) is 6.42 Å². The standard InChI is InChI=1S/C7H13N3O/c1-9-6-7(11)10-5-3-2-4-8/h9H,2-3,5-6H2,1H3,(H,10,11). The lowest BCUT2D eigenvalue weighted by molar-refractivity contribution is -0.120. The molecule has 0 aliphatic carbocycles. The summed E-state index contributed by atoms with van der Waals surface area (Å²) in [6.45, 7) is 0.931. The van der Waals surface area contributed by atoms with Gasteiger partial charge < -0.3 is 10.6 Å². The third-order valence-corrected chi connectivity index (χ3v) is 1.12. The fraction of sp³-hybridized carbons (Fsp3) is 0.714. The first-order valence-corrected chi connectivity index (χ1v) is 3.59. The van der Waals surface area contributed by atoms with E-state index in [0.29, 0.717) is 19.5 Å².